The molecule has 8 nitrogen and oxygen atoms in total. The summed E-state index contributed by atoms with van der Waals surface area (Å²) in [5.41, 5.74) is 17.0. The Morgan fingerprint density at radius 2 is 1.29 bits per heavy atom. The third kappa shape index (κ3) is 1.68. The molecule has 4 aliphatic carbocycles. The molecule has 6 atom stereocenters. The van der Waals surface area contributed by atoms with Gasteiger partial charge in [-0.3, -0.25) is 0 Å². The van der Waals surface area contributed by atoms with Crippen LogP contribution in [0.2, 0.25) is 0 Å². The number of nitrogens with one attached hydrogen (secondary N) is 2. The van der Waals surface area contributed by atoms with Crippen molar-refractivity contribution >= 4 is 23.5 Å². The van der Waals surface area contributed by atoms with Crippen LogP contribution in [0.15, 0.2) is 10.2 Å². The molecule has 0 heterocycles. The summed E-state index contributed by atoms with van der Waals surface area (Å²) in [6, 6.07) is -1.27. The predicted molar refractivity (Wildman–Crippen MR) is 75.1 cm³/mol. The number of fused-ring (bicyclic) bond motifs is 2. The monoisotopic (exact) mass is 290 g/mol. The number of carbonyl (C=O) groups excluding carboxylic acids is 2. The molecule has 112 valence electrons. The molecule has 0 aromatic carbocycles. The van der Waals surface area contributed by atoms with Crippen LogP contribution in [0, 0.1) is 35.5 Å². The number of hydrogen-bond donors (Lipinski definition) is 4. The zero-order chi connectivity index (χ0) is 14.7. The maximum absolute atomic E-state index is 10.9. The highest BCUT2D eigenvalue weighted by atomic mass is 16.2. The van der Waals surface area contributed by atoms with Crippen molar-refractivity contribution in [2.45, 2.75) is 19.3 Å². The van der Waals surface area contributed by atoms with Crippen LogP contribution in [0.5, 0.6) is 0 Å². The molecule has 0 aliphatic heterocycles. The lowest BCUT2D eigenvalue weighted by Crippen LogP contribution is -2.32. The van der Waals surface area contributed by atoms with Crippen LogP contribution in [0.1, 0.15) is 19.3 Å². The zero-order valence-corrected chi connectivity index (χ0v) is 11.5. The number of amides is 4. The van der Waals surface area contributed by atoms with Crippen molar-refractivity contribution < 1.29 is 9.59 Å². The summed E-state index contributed by atoms with van der Waals surface area (Å²) < 4.78 is 0. The van der Waals surface area contributed by atoms with Crippen molar-refractivity contribution in [3.63, 3.8) is 0 Å². The molecule has 0 unspecified atom stereocenters. The molecule has 21 heavy (non-hydrogen) atoms. The van der Waals surface area contributed by atoms with Crippen LogP contribution in [0.4, 0.5) is 9.59 Å². The molecule has 4 fully saturated rings. The number of hydrogen-bond acceptors (Lipinski definition) is 4. The standard InChI is InChI=1S/C13H18N6O2/c14-12(20)18-16-8-2-4-5-3-9(17-19-13(15)21)11-7(5)1-6(4)10(8)11/h4-7,10-11H,1-3H2,(H3,14,18,20)(H3,15,19,21)/b16-8-,17-9+/t4-,5-,6+,7-,10+,11+/m1/s1. The Balaban J connectivity index is 1.63. The molecular weight excluding hydrogens is 272 g/mol. The van der Waals surface area contributed by atoms with E-state index in [0.717, 1.165) is 24.3 Å². The summed E-state index contributed by atoms with van der Waals surface area (Å²) in [7, 11) is 0. The van der Waals surface area contributed by atoms with Crippen LogP contribution < -0.4 is 22.3 Å². The highest BCUT2D eigenvalue weighted by molar-refractivity contribution is 6.01. The number of rotatable bonds is 2. The van der Waals surface area contributed by atoms with E-state index in [1.807, 2.05) is 0 Å². The third-order valence-electron chi connectivity index (χ3n) is 5.78. The van der Waals surface area contributed by atoms with Crippen LogP contribution >= 0.6 is 0 Å². The van der Waals surface area contributed by atoms with Gasteiger partial charge in [0.05, 0.1) is 0 Å². The average Bonchev–Trinajstić information content (AvgIpc) is 3.03. The molecule has 0 saturated heterocycles. The number of nitrogens with zero attached hydrogens (tertiary/aromatic N) is 2. The first-order chi connectivity index (χ1) is 10.1. The van der Waals surface area contributed by atoms with Crippen molar-refractivity contribution in [3.8, 4) is 0 Å². The summed E-state index contributed by atoms with van der Waals surface area (Å²) in [4.78, 5) is 21.7. The predicted octanol–water partition coefficient (Wildman–Crippen LogP) is -0.0431. The van der Waals surface area contributed by atoms with Crippen LogP contribution in [-0.4, -0.2) is 23.5 Å². The van der Waals surface area contributed by atoms with Gasteiger partial charge in [-0.25, -0.2) is 20.4 Å². The second-order valence-corrected chi connectivity index (χ2v) is 6.51. The quantitative estimate of drug-likeness (QED) is 0.531. The lowest BCUT2D eigenvalue weighted by Gasteiger charge is -2.24. The Hall–Kier alpha value is -2.12. The van der Waals surface area contributed by atoms with E-state index in [2.05, 4.69) is 21.1 Å². The molecule has 4 rings (SSSR count). The summed E-state index contributed by atoms with van der Waals surface area (Å²) in [5, 5.41) is 8.43. The lowest BCUT2D eigenvalue weighted by molar-refractivity contribution is 0.241. The summed E-state index contributed by atoms with van der Waals surface area (Å²) in [6.45, 7) is 0. The topological polar surface area (TPSA) is 135 Å². The fraction of sp³-hybridized carbons (Fsp3) is 0.692. The Morgan fingerprint density at radius 3 is 1.67 bits per heavy atom. The van der Waals surface area contributed by atoms with Gasteiger partial charge in [-0.1, -0.05) is 0 Å². The number of carbonyl (C=O) groups is 2. The van der Waals surface area contributed by atoms with Gasteiger partial charge in [0, 0.05) is 23.3 Å². The second-order valence-electron chi connectivity index (χ2n) is 6.51. The van der Waals surface area contributed by atoms with Gasteiger partial charge in [0.25, 0.3) is 0 Å². The van der Waals surface area contributed by atoms with E-state index in [0.29, 0.717) is 35.5 Å². The van der Waals surface area contributed by atoms with E-state index in [1.54, 1.807) is 0 Å². The minimum absolute atomic E-state index is 0.332. The number of nitrogens with two attached hydrogens (primary N) is 2. The van der Waals surface area contributed by atoms with Gasteiger partial charge in [-0.2, -0.15) is 10.2 Å². The highest BCUT2D eigenvalue weighted by Crippen LogP contribution is 2.68. The van der Waals surface area contributed by atoms with Gasteiger partial charge >= 0.3 is 12.1 Å². The van der Waals surface area contributed by atoms with Crippen molar-refractivity contribution in [2.75, 3.05) is 0 Å². The van der Waals surface area contributed by atoms with Crippen molar-refractivity contribution in [3.05, 3.63) is 0 Å². The normalized spacial score (nSPS) is 45.5. The van der Waals surface area contributed by atoms with Gasteiger partial charge in [0.2, 0.25) is 0 Å². The Bertz CT molecular complexity index is 531. The molecule has 0 aromatic heterocycles. The molecule has 4 saturated carbocycles. The maximum Gasteiger partial charge on any atom is 0.332 e. The smallest absolute Gasteiger partial charge is 0.332 e. The van der Waals surface area contributed by atoms with Gasteiger partial charge in [0.15, 0.2) is 0 Å². The number of urea groups is 2. The molecular formula is C13H18N6O2. The minimum atomic E-state index is -0.634. The minimum Gasteiger partial charge on any atom is -0.350 e. The Morgan fingerprint density at radius 1 is 0.857 bits per heavy atom. The molecule has 8 heteroatoms. The van der Waals surface area contributed by atoms with Gasteiger partial charge in [-0.15, -0.1) is 0 Å². The molecule has 6 N–H and O–H groups in total. The fourth-order valence-corrected chi connectivity index (χ4v) is 5.42. The first-order valence-corrected chi connectivity index (χ1v) is 7.30. The second kappa shape index (κ2) is 4.19. The Labute approximate surface area is 121 Å². The SMILES string of the molecule is NC(=O)N/N=C1/C[C@@H]2[C@H]3C/C(=N\NC(N)=O)[C@@H]4[C@@H]3C[C@@H]2[C@@H]14. The third-order valence-corrected chi connectivity index (χ3v) is 5.78. The van der Waals surface area contributed by atoms with Crippen LogP contribution in [0.25, 0.3) is 0 Å². The van der Waals surface area contributed by atoms with Crippen molar-refractivity contribution in [1.82, 2.24) is 10.9 Å². The molecule has 0 radical (unpaired) electrons. The van der Waals surface area contributed by atoms with Crippen LogP contribution in [0.3, 0.4) is 0 Å². The first-order valence-electron chi connectivity index (χ1n) is 7.30. The highest BCUT2D eigenvalue weighted by Gasteiger charge is 2.67. The fourth-order valence-electron chi connectivity index (χ4n) is 5.42. The van der Waals surface area contributed by atoms with E-state index >= 15 is 0 Å². The van der Waals surface area contributed by atoms with E-state index < -0.39 is 12.1 Å². The largest absolute Gasteiger partial charge is 0.350 e. The summed E-state index contributed by atoms with van der Waals surface area (Å²) in [5.74, 6) is 3.20. The zero-order valence-electron chi connectivity index (χ0n) is 11.5. The van der Waals surface area contributed by atoms with Crippen LogP contribution in [-0.2, 0) is 0 Å². The molecule has 4 aliphatic rings. The van der Waals surface area contributed by atoms with E-state index in [9.17, 15) is 9.59 Å². The van der Waals surface area contributed by atoms with Crippen molar-refractivity contribution in [1.29, 1.82) is 0 Å². The molecule has 0 spiro atoms. The maximum atomic E-state index is 10.9. The molecule has 0 aromatic rings. The number of primary amides is 2. The lowest BCUT2D eigenvalue weighted by atomic mass is 9.79. The first kappa shape index (κ1) is 12.6. The molecule has 4 amide bonds. The number of hydrazone groups is 2. The van der Waals surface area contributed by atoms with Gasteiger partial charge in [0.1, 0.15) is 0 Å². The summed E-state index contributed by atoms with van der Waals surface area (Å²) in [6.07, 6.45) is 3.10. The molecule has 2 bridgehead atoms. The summed E-state index contributed by atoms with van der Waals surface area (Å²) >= 11 is 0. The average molecular weight is 290 g/mol. The van der Waals surface area contributed by atoms with E-state index in [4.69, 9.17) is 11.5 Å². The van der Waals surface area contributed by atoms with Crippen molar-refractivity contribution in [2.24, 2.45) is 57.2 Å². The van der Waals surface area contributed by atoms with E-state index in [-0.39, 0.29) is 0 Å². The van der Waals surface area contributed by atoms with Gasteiger partial charge in [-0.05, 0) is 42.9 Å². The van der Waals surface area contributed by atoms with E-state index in [1.165, 1.54) is 6.42 Å². The Kier molecular flexibility index (Phi) is 2.51. The van der Waals surface area contributed by atoms with Gasteiger partial charge < -0.3 is 11.5 Å².